The lowest BCUT2D eigenvalue weighted by Gasteiger charge is -2.32. The van der Waals surface area contributed by atoms with Crippen molar-refractivity contribution < 1.29 is 9.53 Å². The topological polar surface area (TPSA) is 41.6 Å². The number of ether oxygens (including phenoxy) is 1. The zero-order valence-corrected chi connectivity index (χ0v) is 14.7. The highest BCUT2D eigenvalue weighted by atomic mass is 16.5. The molecule has 1 saturated heterocycles. The van der Waals surface area contributed by atoms with E-state index in [1.165, 1.54) is 17.5 Å². The zero-order valence-electron chi connectivity index (χ0n) is 14.7. The largest absolute Gasteiger partial charge is 0.493 e. The fourth-order valence-electron chi connectivity index (χ4n) is 3.25. The summed E-state index contributed by atoms with van der Waals surface area (Å²) in [4.78, 5) is 14.3. The molecule has 1 aliphatic heterocycles. The molecule has 1 fully saturated rings. The number of hydrogen-bond donors (Lipinski definition) is 1. The van der Waals surface area contributed by atoms with Crippen LogP contribution in [0.2, 0.25) is 0 Å². The second-order valence-electron chi connectivity index (χ2n) is 6.64. The molecule has 1 aromatic rings. The molecule has 128 valence electrons. The Labute approximate surface area is 140 Å². The number of carbonyl (C=O) groups is 1. The smallest absolute Gasteiger partial charge is 0.225 e. The Morgan fingerprint density at radius 3 is 2.48 bits per heavy atom. The van der Waals surface area contributed by atoms with Crippen LogP contribution in [0.1, 0.15) is 36.8 Å². The number of aryl methyl sites for hydroxylation is 2. The molecule has 1 aliphatic rings. The van der Waals surface area contributed by atoms with E-state index in [0.717, 1.165) is 44.1 Å². The Bertz CT molecular complexity index is 488. The first kappa shape index (κ1) is 17.8. The van der Waals surface area contributed by atoms with E-state index in [-0.39, 0.29) is 5.91 Å². The van der Waals surface area contributed by atoms with Crippen molar-refractivity contribution in [2.75, 3.05) is 33.3 Å². The van der Waals surface area contributed by atoms with Crippen molar-refractivity contribution in [1.29, 1.82) is 0 Å². The highest BCUT2D eigenvalue weighted by molar-refractivity contribution is 5.76. The van der Waals surface area contributed by atoms with Gasteiger partial charge in [-0.2, -0.15) is 0 Å². The third kappa shape index (κ3) is 5.87. The predicted molar refractivity (Wildman–Crippen MR) is 93.9 cm³/mol. The van der Waals surface area contributed by atoms with Crippen molar-refractivity contribution in [2.24, 2.45) is 5.92 Å². The van der Waals surface area contributed by atoms with Crippen LogP contribution < -0.4 is 10.1 Å². The van der Waals surface area contributed by atoms with E-state index in [2.05, 4.69) is 25.2 Å². The number of likely N-dealkylation sites (tertiary alicyclic amines) is 1. The Morgan fingerprint density at radius 2 is 1.87 bits per heavy atom. The monoisotopic (exact) mass is 318 g/mol. The van der Waals surface area contributed by atoms with Gasteiger partial charge in [-0.15, -0.1) is 0 Å². The first-order chi connectivity index (χ1) is 11.1. The van der Waals surface area contributed by atoms with Gasteiger partial charge < -0.3 is 15.0 Å². The predicted octanol–water partition coefficient (Wildman–Crippen LogP) is 2.92. The summed E-state index contributed by atoms with van der Waals surface area (Å²) < 4.78 is 5.75. The van der Waals surface area contributed by atoms with Crippen LogP contribution >= 0.6 is 0 Å². The molecule has 4 heteroatoms. The van der Waals surface area contributed by atoms with Gasteiger partial charge in [0, 0.05) is 13.1 Å². The Morgan fingerprint density at radius 1 is 1.22 bits per heavy atom. The number of amides is 1. The van der Waals surface area contributed by atoms with Gasteiger partial charge in [-0.05, 0) is 75.9 Å². The summed E-state index contributed by atoms with van der Waals surface area (Å²) in [7, 11) is 1.99. The molecule has 4 nitrogen and oxygen atoms in total. The van der Waals surface area contributed by atoms with E-state index in [0.29, 0.717) is 13.0 Å². The molecule has 0 spiro atoms. The highest BCUT2D eigenvalue weighted by Gasteiger charge is 2.22. The van der Waals surface area contributed by atoms with Gasteiger partial charge in [0.2, 0.25) is 5.91 Å². The fraction of sp³-hybridized carbons (Fsp3) is 0.632. The summed E-state index contributed by atoms with van der Waals surface area (Å²) in [5.74, 6) is 1.85. The van der Waals surface area contributed by atoms with E-state index in [1.807, 2.05) is 24.1 Å². The number of hydrogen-bond acceptors (Lipinski definition) is 3. The Kier molecular flexibility index (Phi) is 6.90. The maximum atomic E-state index is 12.3. The minimum Gasteiger partial charge on any atom is -0.493 e. The van der Waals surface area contributed by atoms with Crippen LogP contribution in [0.4, 0.5) is 0 Å². The highest BCUT2D eigenvalue weighted by Crippen LogP contribution is 2.21. The average Bonchev–Trinajstić information content (AvgIpc) is 2.52. The van der Waals surface area contributed by atoms with Crippen LogP contribution in [0.25, 0.3) is 0 Å². The summed E-state index contributed by atoms with van der Waals surface area (Å²) in [6, 6.07) is 6.16. The second-order valence-corrected chi connectivity index (χ2v) is 6.64. The van der Waals surface area contributed by atoms with Crippen molar-refractivity contribution in [1.82, 2.24) is 10.2 Å². The van der Waals surface area contributed by atoms with E-state index in [1.54, 1.807) is 0 Å². The van der Waals surface area contributed by atoms with Gasteiger partial charge >= 0.3 is 0 Å². The van der Waals surface area contributed by atoms with Crippen molar-refractivity contribution in [3.63, 3.8) is 0 Å². The molecule has 2 rings (SSSR count). The average molecular weight is 318 g/mol. The van der Waals surface area contributed by atoms with Gasteiger partial charge in [0.1, 0.15) is 5.75 Å². The maximum absolute atomic E-state index is 12.3. The van der Waals surface area contributed by atoms with Crippen LogP contribution in [0.5, 0.6) is 5.75 Å². The molecule has 23 heavy (non-hydrogen) atoms. The quantitative estimate of drug-likeness (QED) is 0.840. The lowest BCUT2D eigenvalue weighted by Crippen LogP contribution is -2.39. The maximum Gasteiger partial charge on any atom is 0.225 e. The number of piperidine rings is 1. The van der Waals surface area contributed by atoms with Crippen LogP contribution in [0, 0.1) is 19.8 Å². The van der Waals surface area contributed by atoms with Crippen LogP contribution in [0.3, 0.4) is 0 Å². The SMILES string of the molecule is CNCCC1CCN(C(=O)CCOc2cc(C)cc(C)c2)CC1. The van der Waals surface area contributed by atoms with Crippen LogP contribution in [-0.4, -0.2) is 44.1 Å². The Hall–Kier alpha value is -1.55. The molecule has 0 aromatic heterocycles. The number of nitrogens with zero attached hydrogens (tertiary/aromatic N) is 1. The fourth-order valence-corrected chi connectivity index (χ4v) is 3.25. The molecule has 0 aliphatic carbocycles. The number of nitrogens with one attached hydrogen (secondary N) is 1. The summed E-state index contributed by atoms with van der Waals surface area (Å²) in [5, 5.41) is 3.20. The minimum atomic E-state index is 0.224. The first-order valence-corrected chi connectivity index (χ1v) is 8.72. The lowest BCUT2D eigenvalue weighted by molar-refractivity contribution is -0.133. The van der Waals surface area contributed by atoms with Gasteiger partial charge in [0.25, 0.3) is 0 Å². The van der Waals surface area contributed by atoms with Crippen molar-refractivity contribution in [3.8, 4) is 5.75 Å². The standard InChI is InChI=1S/C19H30N2O2/c1-15-12-16(2)14-18(13-15)23-11-7-19(22)21-9-5-17(6-10-21)4-8-20-3/h12-14,17,20H,4-11H2,1-3H3. The van der Waals surface area contributed by atoms with E-state index in [4.69, 9.17) is 4.74 Å². The van der Waals surface area contributed by atoms with Crippen molar-refractivity contribution in [3.05, 3.63) is 29.3 Å². The number of benzene rings is 1. The van der Waals surface area contributed by atoms with Gasteiger partial charge in [-0.1, -0.05) is 6.07 Å². The third-order valence-corrected chi connectivity index (χ3v) is 4.55. The molecule has 1 aromatic carbocycles. The number of carbonyl (C=O) groups excluding carboxylic acids is 1. The van der Waals surface area contributed by atoms with Crippen molar-refractivity contribution in [2.45, 2.75) is 39.5 Å². The van der Waals surface area contributed by atoms with Gasteiger partial charge in [0.05, 0.1) is 13.0 Å². The van der Waals surface area contributed by atoms with E-state index in [9.17, 15) is 4.79 Å². The third-order valence-electron chi connectivity index (χ3n) is 4.55. The molecule has 0 radical (unpaired) electrons. The van der Waals surface area contributed by atoms with Gasteiger partial charge in [-0.3, -0.25) is 4.79 Å². The van der Waals surface area contributed by atoms with Gasteiger partial charge in [-0.25, -0.2) is 0 Å². The van der Waals surface area contributed by atoms with Crippen molar-refractivity contribution >= 4 is 5.91 Å². The molecular weight excluding hydrogens is 288 g/mol. The summed E-state index contributed by atoms with van der Waals surface area (Å²) in [5.41, 5.74) is 2.38. The van der Waals surface area contributed by atoms with Gasteiger partial charge in [0.15, 0.2) is 0 Å². The van der Waals surface area contributed by atoms with E-state index >= 15 is 0 Å². The first-order valence-electron chi connectivity index (χ1n) is 8.72. The second kappa shape index (κ2) is 8.92. The molecular formula is C19H30N2O2. The molecule has 1 amide bonds. The number of rotatable bonds is 7. The van der Waals surface area contributed by atoms with E-state index < -0.39 is 0 Å². The van der Waals surface area contributed by atoms with Crippen LogP contribution in [0.15, 0.2) is 18.2 Å². The summed E-state index contributed by atoms with van der Waals surface area (Å²) in [6.07, 6.45) is 3.94. The summed E-state index contributed by atoms with van der Waals surface area (Å²) in [6.45, 7) is 7.45. The molecule has 1 N–H and O–H groups in total. The molecule has 0 saturated carbocycles. The molecule has 0 atom stereocenters. The minimum absolute atomic E-state index is 0.224. The molecule has 0 bridgehead atoms. The molecule has 0 unspecified atom stereocenters. The van der Waals surface area contributed by atoms with Crippen LogP contribution in [-0.2, 0) is 4.79 Å². The zero-order chi connectivity index (χ0) is 16.7. The molecule has 1 heterocycles. The lowest BCUT2D eigenvalue weighted by atomic mass is 9.93. The summed E-state index contributed by atoms with van der Waals surface area (Å²) >= 11 is 0. The Balaban J connectivity index is 1.69. The normalized spacial score (nSPS) is 15.7.